The lowest BCUT2D eigenvalue weighted by molar-refractivity contribution is -0.0499. The third-order valence-corrected chi connectivity index (χ3v) is 4.54. The van der Waals surface area contributed by atoms with E-state index in [1.54, 1.807) is 0 Å². The first kappa shape index (κ1) is 19.9. The van der Waals surface area contributed by atoms with Crippen molar-refractivity contribution in [2.24, 2.45) is 0 Å². The minimum absolute atomic E-state index is 0.0565. The summed E-state index contributed by atoms with van der Waals surface area (Å²) in [6.07, 6.45) is 1.14. The molecule has 3 aromatic rings. The third kappa shape index (κ3) is 4.70. The van der Waals surface area contributed by atoms with Crippen molar-refractivity contribution < 1.29 is 35.2 Å². The van der Waals surface area contributed by atoms with E-state index in [0.717, 1.165) is 17.8 Å². The van der Waals surface area contributed by atoms with Crippen LogP contribution in [0.5, 0.6) is 11.5 Å². The number of hydrogen-bond donors (Lipinski definition) is 0. The Morgan fingerprint density at radius 3 is 2.46 bits per heavy atom. The van der Waals surface area contributed by atoms with Crippen LogP contribution in [0.4, 0.5) is 13.2 Å². The number of rotatable bonds is 7. The van der Waals surface area contributed by atoms with Crippen molar-refractivity contribution in [1.29, 1.82) is 0 Å². The summed E-state index contributed by atoms with van der Waals surface area (Å²) in [6, 6.07) is 14.7. The van der Waals surface area contributed by atoms with Gasteiger partial charge >= 0.3 is 15.6 Å². The number of fused-ring (bicyclic) bond motifs is 1. The highest BCUT2D eigenvalue weighted by molar-refractivity contribution is 7.88. The molecule has 0 fully saturated rings. The quantitative estimate of drug-likeness (QED) is 0.252. The van der Waals surface area contributed by atoms with Gasteiger partial charge in [0.15, 0.2) is 12.5 Å². The molecule has 0 aliphatic heterocycles. The van der Waals surface area contributed by atoms with Crippen molar-refractivity contribution in [3.8, 4) is 11.5 Å². The average Bonchev–Trinajstić information content (AvgIpc) is 2.65. The maximum absolute atomic E-state index is 12.5. The molecule has 0 radical (unpaired) electrons. The predicted molar refractivity (Wildman–Crippen MR) is 94.1 cm³/mol. The third-order valence-electron chi connectivity index (χ3n) is 3.58. The number of aromatic nitrogens is 1. The van der Waals surface area contributed by atoms with Gasteiger partial charge in [-0.25, -0.2) is 0 Å². The summed E-state index contributed by atoms with van der Waals surface area (Å²) in [5.41, 5.74) is -4.35. The molecule has 1 aromatic heterocycles. The Balaban J connectivity index is 1.69. The maximum Gasteiger partial charge on any atom is 0.534 e. The molecule has 28 heavy (non-hydrogen) atoms. The van der Waals surface area contributed by atoms with Gasteiger partial charge in [0, 0.05) is 23.7 Å². The number of hydrogen-bond acceptors (Lipinski definition) is 6. The topological polar surface area (TPSA) is 74.7 Å². The number of benzene rings is 2. The standard InChI is InChI=1S/C18H14F3NO5S/c19-18(20,21)28(23,24)27-17-8-9-22-16-10-14(6-7-15(16)17)26-12-25-11-13-4-2-1-3-5-13/h1-10H,11-12H2. The van der Waals surface area contributed by atoms with Crippen LogP contribution >= 0.6 is 0 Å². The van der Waals surface area contributed by atoms with Crippen LogP contribution in [0.15, 0.2) is 60.8 Å². The van der Waals surface area contributed by atoms with Gasteiger partial charge < -0.3 is 13.7 Å². The fourth-order valence-corrected chi connectivity index (χ4v) is 2.75. The Morgan fingerprint density at radius 1 is 1.00 bits per heavy atom. The van der Waals surface area contributed by atoms with Crippen molar-refractivity contribution in [1.82, 2.24) is 4.98 Å². The molecule has 0 N–H and O–H groups in total. The van der Waals surface area contributed by atoms with Gasteiger partial charge in [-0.15, -0.1) is 0 Å². The highest BCUT2D eigenvalue weighted by Crippen LogP contribution is 2.32. The highest BCUT2D eigenvalue weighted by atomic mass is 32.2. The second-order valence-electron chi connectivity index (χ2n) is 5.57. The largest absolute Gasteiger partial charge is 0.534 e. The Labute approximate surface area is 158 Å². The van der Waals surface area contributed by atoms with E-state index in [0.29, 0.717) is 12.4 Å². The molecular weight excluding hydrogens is 399 g/mol. The van der Waals surface area contributed by atoms with Gasteiger partial charge in [-0.2, -0.15) is 21.6 Å². The van der Waals surface area contributed by atoms with Crippen molar-refractivity contribution in [2.45, 2.75) is 12.1 Å². The van der Waals surface area contributed by atoms with E-state index in [2.05, 4.69) is 9.17 Å². The number of pyridine rings is 1. The second-order valence-corrected chi connectivity index (χ2v) is 7.11. The van der Waals surface area contributed by atoms with Gasteiger partial charge in [0.25, 0.3) is 0 Å². The smallest absolute Gasteiger partial charge is 0.467 e. The molecular formula is C18H14F3NO5S. The molecule has 10 heteroatoms. The SMILES string of the molecule is O=S(=O)(Oc1ccnc2cc(OCOCc3ccccc3)ccc12)C(F)(F)F. The van der Waals surface area contributed by atoms with E-state index in [-0.39, 0.29) is 17.7 Å². The van der Waals surface area contributed by atoms with Crippen LogP contribution in [0.2, 0.25) is 0 Å². The van der Waals surface area contributed by atoms with Crippen molar-refractivity contribution in [3.05, 3.63) is 66.4 Å². The molecule has 0 saturated carbocycles. The van der Waals surface area contributed by atoms with E-state index in [4.69, 9.17) is 9.47 Å². The molecule has 0 aliphatic rings. The van der Waals surface area contributed by atoms with E-state index in [1.165, 1.54) is 18.2 Å². The Hall–Kier alpha value is -2.85. The molecule has 0 unspecified atom stereocenters. The lowest BCUT2D eigenvalue weighted by Crippen LogP contribution is -2.28. The number of alkyl halides is 3. The van der Waals surface area contributed by atoms with Crippen LogP contribution < -0.4 is 8.92 Å². The van der Waals surface area contributed by atoms with Crippen LogP contribution in [0, 0.1) is 0 Å². The van der Waals surface area contributed by atoms with Gasteiger partial charge in [-0.1, -0.05) is 30.3 Å². The lowest BCUT2D eigenvalue weighted by atomic mass is 10.2. The first-order valence-electron chi connectivity index (χ1n) is 7.90. The minimum atomic E-state index is -5.78. The van der Waals surface area contributed by atoms with Crippen LogP contribution in [-0.4, -0.2) is 25.7 Å². The van der Waals surface area contributed by atoms with E-state index in [9.17, 15) is 21.6 Å². The molecule has 0 bridgehead atoms. The number of halogens is 3. The summed E-state index contributed by atoms with van der Waals surface area (Å²) in [5.74, 6) is -0.127. The van der Waals surface area contributed by atoms with E-state index >= 15 is 0 Å². The van der Waals surface area contributed by atoms with E-state index < -0.39 is 21.4 Å². The summed E-state index contributed by atoms with van der Waals surface area (Å²) < 4.78 is 75.0. The first-order valence-corrected chi connectivity index (χ1v) is 9.31. The summed E-state index contributed by atoms with van der Waals surface area (Å²) in [7, 11) is -5.78. The summed E-state index contributed by atoms with van der Waals surface area (Å²) in [5, 5.41) is 0.0906. The van der Waals surface area contributed by atoms with Gasteiger partial charge in [-0.05, 0) is 17.7 Å². The summed E-state index contributed by atoms with van der Waals surface area (Å²) >= 11 is 0. The van der Waals surface area contributed by atoms with Crippen molar-refractivity contribution >= 4 is 21.0 Å². The molecule has 0 saturated heterocycles. The molecule has 0 spiro atoms. The Kier molecular flexibility index (Phi) is 5.71. The van der Waals surface area contributed by atoms with Crippen LogP contribution in [0.25, 0.3) is 10.9 Å². The number of nitrogens with zero attached hydrogens (tertiary/aromatic N) is 1. The van der Waals surface area contributed by atoms with Gasteiger partial charge in [-0.3, -0.25) is 4.98 Å². The predicted octanol–water partition coefficient (Wildman–Crippen LogP) is 4.02. The zero-order valence-electron chi connectivity index (χ0n) is 14.2. The molecule has 0 aliphatic carbocycles. The average molecular weight is 413 g/mol. The van der Waals surface area contributed by atoms with Crippen LogP contribution in [0.3, 0.4) is 0 Å². The fraction of sp³-hybridized carbons (Fsp3) is 0.167. The monoisotopic (exact) mass is 413 g/mol. The molecule has 0 amide bonds. The van der Waals surface area contributed by atoms with E-state index in [1.807, 2.05) is 30.3 Å². The van der Waals surface area contributed by atoms with Crippen LogP contribution in [-0.2, 0) is 21.5 Å². The Morgan fingerprint density at radius 2 is 1.75 bits per heavy atom. The maximum atomic E-state index is 12.5. The molecule has 3 rings (SSSR count). The van der Waals surface area contributed by atoms with Crippen LogP contribution in [0.1, 0.15) is 5.56 Å². The Bertz CT molecular complexity index is 1060. The van der Waals surface area contributed by atoms with Gasteiger partial charge in [0.05, 0.1) is 12.1 Å². The molecule has 1 heterocycles. The molecule has 148 valence electrons. The minimum Gasteiger partial charge on any atom is -0.467 e. The second kappa shape index (κ2) is 8.03. The van der Waals surface area contributed by atoms with Crippen molar-refractivity contribution in [2.75, 3.05) is 6.79 Å². The normalized spacial score (nSPS) is 12.1. The lowest BCUT2D eigenvalue weighted by Gasteiger charge is -2.12. The van der Waals surface area contributed by atoms with Crippen molar-refractivity contribution in [3.63, 3.8) is 0 Å². The van der Waals surface area contributed by atoms with Gasteiger partial charge in [0.2, 0.25) is 0 Å². The summed E-state index contributed by atoms with van der Waals surface area (Å²) in [4.78, 5) is 3.99. The zero-order chi connectivity index (χ0) is 20.2. The molecule has 6 nitrogen and oxygen atoms in total. The fourth-order valence-electron chi connectivity index (χ4n) is 2.27. The zero-order valence-corrected chi connectivity index (χ0v) is 15.0. The first-order chi connectivity index (χ1) is 13.3. The molecule has 0 atom stereocenters. The highest BCUT2D eigenvalue weighted by Gasteiger charge is 2.48. The molecule has 2 aromatic carbocycles. The number of ether oxygens (including phenoxy) is 2. The summed E-state index contributed by atoms with van der Waals surface area (Å²) in [6.45, 7) is 0.291. The van der Waals surface area contributed by atoms with Gasteiger partial charge in [0.1, 0.15) is 5.75 Å².